The van der Waals surface area contributed by atoms with Crippen molar-refractivity contribution in [2.24, 2.45) is 0 Å². The van der Waals surface area contributed by atoms with E-state index >= 15 is 0 Å². The second-order valence-electron chi connectivity index (χ2n) is 4.93. The number of rotatable bonds is 7. The Hall–Kier alpha value is -1.34. The van der Waals surface area contributed by atoms with Crippen LogP contribution < -0.4 is 10.1 Å². The molecule has 5 nitrogen and oxygen atoms in total. The molecule has 0 bridgehead atoms. The lowest BCUT2D eigenvalue weighted by atomic mass is 9.99. The Kier molecular flexibility index (Phi) is 6.02. The molecule has 1 saturated heterocycles. The molecule has 0 spiro atoms. The normalized spacial score (nSPS) is 20.6. The van der Waals surface area contributed by atoms with Crippen molar-refractivity contribution in [3.63, 3.8) is 0 Å². The minimum Gasteiger partial charge on any atom is -0.494 e. The Bertz CT molecular complexity index is 527. The van der Waals surface area contributed by atoms with Crippen LogP contribution in [0.5, 0.6) is 5.75 Å². The summed E-state index contributed by atoms with van der Waals surface area (Å²) >= 11 is 2.94. The lowest BCUT2D eigenvalue weighted by Crippen LogP contribution is -2.55. The van der Waals surface area contributed by atoms with E-state index < -0.39 is 11.5 Å². The number of carboxylic acid groups (broad SMARTS) is 1. The van der Waals surface area contributed by atoms with Crippen molar-refractivity contribution >= 4 is 35.4 Å². The minimum atomic E-state index is -1.10. The highest BCUT2D eigenvalue weighted by Gasteiger charge is 2.43. The molecule has 0 aromatic heterocycles. The third-order valence-corrected chi connectivity index (χ3v) is 5.52. The first-order valence-corrected chi connectivity index (χ1v) is 9.17. The van der Waals surface area contributed by atoms with Crippen molar-refractivity contribution in [1.82, 2.24) is 5.32 Å². The van der Waals surface area contributed by atoms with E-state index in [0.717, 1.165) is 16.4 Å². The molecule has 120 valence electrons. The van der Waals surface area contributed by atoms with Crippen LogP contribution >= 0.6 is 23.5 Å². The molecule has 7 heteroatoms. The number of carbonyl (C=O) groups excluding carboxylic acids is 1. The molecule has 1 amide bonds. The van der Waals surface area contributed by atoms with Gasteiger partial charge in [0.1, 0.15) is 11.3 Å². The fourth-order valence-electron chi connectivity index (χ4n) is 2.14. The maximum Gasteiger partial charge on any atom is 0.330 e. The van der Waals surface area contributed by atoms with Gasteiger partial charge in [-0.25, -0.2) is 4.79 Å². The molecule has 1 unspecified atom stereocenters. The van der Waals surface area contributed by atoms with E-state index in [1.165, 1.54) is 11.8 Å². The molecule has 2 N–H and O–H groups in total. The van der Waals surface area contributed by atoms with Gasteiger partial charge in [0.05, 0.1) is 12.4 Å². The van der Waals surface area contributed by atoms with Gasteiger partial charge in [-0.1, -0.05) is 0 Å². The molecular weight excluding hydrogens is 322 g/mol. The highest BCUT2D eigenvalue weighted by Crippen LogP contribution is 2.29. The topological polar surface area (TPSA) is 75.6 Å². The molecule has 1 aliphatic heterocycles. The number of benzene rings is 1. The van der Waals surface area contributed by atoms with Crippen LogP contribution in [0.15, 0.2) is 29.2 Å². The predicted molar refractivity (Wildman–Crippen MR) is 88.8 cm³/mol. The summed E-state index contributed by atoms with van der Waals surface area (Å²) in [4.78, 5) is 24.4. The van der Waals surface area contributed by atoms with Crippen molar-refractivity contribution in [2.75, 3.05) is 23.9 Å². The number of thioether (sulfide) groups is 2. The first-order valence-electron chi connectivity index (χ1n) is 7.03. The number of nitrogens with one attached hydrogen (secondary N) is 1. The summed E-state index contributed by atoms with van der Waals surface area (Å²) < 4.78 is 5.36. The van der Waals surface area contributed by atoms with E-state index in [4.69, 9.17) is 4.74 Å². The molecule has 22 heavy (non-hydrogen) atoms. The molecule has 1 aliphatic rings. The fourth-order valence-corrected chi connectivity index (χ4v) is 4.16. The minimum absolute atomic E-state index is 0.202. The second kappa shape index (κ2) is 7.78. The zero-order valence-electron chi connectivity index (χ0n) is 12.3. The van der Waals surface area contributed by atoms with Crippen LogP contribution in [0, 0.1) is 0 Å². The van der Waals surface area contributed by atoms with Crippen LogP contribution in [0.4, 0.5) is 0 Å². The van der Waals surface area contributed by atoms with Crippen molar-refractivity contribution in [3.05, 3.63) is 24.3 Å². The van der Waals surface area contributed by atoms with Gasteiger partial charge in [-0.05, 0) is 43.4 Å². The molecule has 0 radical (unpaired) electrons. The van der Waals surface area contributed by atoms with E-state index in [1.54, 1.807) is 11.8 Å². The molecule has 1 heterocycles. The van der Waals surface area contributed by atoms with Crippen molar-refractivity contribution in [3.8, 4) is 5.75 Å². The van der Waals surface area contributed by atoms with E-state index in [2.05, 4.69) is 5.32 Å². The van der Waals surface area contributed by atoms with Gasteiger partial charge >= 0.3 is 5.97 Å². The Morgan fingerprint density at radius 1 is 1.41 bits per heavy atom. The van der Waals surface area contributed by atoms with Gasteiger partial charge in [0, 0.05) is 10.6 Å². The van der Waals surface area contributed by atoms with E-state index in [-0.39, 0.29) is 11.7 Å². The average molecular weight is 341 g/mol. The standard InChI is InChI=1S/C15H19NO4S2/c1-2-20-11-3-5-12(6-4-11)22-9-13(17)16-15(14(18)19)7-8-21-10-15/h3-6H,2,7-10H2,1H3,(H,16,17)(H,18,19). The number of amides is 1. The maximum atomic E-state index is 12.0. The number of ether oxygens (including phenoxy) is 1. The Morgan fingerprint density at radius 2 is 2.14 bits per heavy atom. The van der Waals surface area contributed by atoms with Gasteiger partial charge in [-0.2, -0.15) is 11.8 Å². The fraction of sp³-hybridized carbons (Fsp3) is 0.467. The third-order valence-electron chi connectivity index (χ3n) is 3.31. The number of hydrogen-bond donors (Lipinski definition) is 2. The van der Waals surface area contributed by atoms with Crippen LogP contribution in [0.1, 0.15) is 13.3 Å². The zero-order valence-corrected chi connectivity index (χ0v) is 14.0. The molecule has 1 atom stereocenters. The zero-order chi connectivity index (χ0) is 16.0. The van der Waals surface area contributed by atoms with Gasteiger partial charge < -0.3 is 15.2 Å². The van der Waals surface area contributed by atoms with Crippen molar-refractivity contribution in [1.29, 1.82) is 0 Å². The number of carbonyl (C=O) groups is 2. The summed E-state index contributed by atoms with van der Waals surface area (Å²) in [6.45, 7) is 2.54. The first kappa shape index (κ1) is 17.0. The van der Waals surface area contributed by atoms with Gasteiger partial charge in [0.2, 0.25) is 5.91 Å². The highest BCUT2D eigenvalue weighted by atomic mass is 32.2. The molecule has 0 aliphatic carbocycles. The van der Waals surface area contributed by atoms with E-state index in [9.17, 15) is 14.7 Å². The summed E-state index contributed by atoms with van der Waals surface area (Å²) in [5.74, 6) is 0.999. The quantitative estimate of drug-likeness (QED) is 0.741. The Labute approximate surface area is 138 Å². The maximum absolute atomic E-state index is 12.0. The Morgan fingerprint density at radius 3 is 2.68 bits per heavy atom. The molecule has 1 aromatic rings. The highest BCUT2D eigenvalue weighted by molar-refractivity contribution is 8.00. The summed E-state index contributed by atoms with van der Waals surface area (Å²) in [5.41, 5.74) is -1.10. The van der Waals surface area contributed by atoms with Crippen LogP contribution in [-0.4, -0.2) is 46.4 Å². The molecule has 0 saturated carbocycles. The van der Waals surface area contributed by atoms with Crippen LogP contribution in [0.3, 0.4) is 0 Å². The van der Waals surface area contributed by atoms with Crippen LogP contribution in [-0.2, 0) is 9.59 Å². The number of carboxylic acids is 1. The number of hydrogen-bond acceptors (Lipinski definition) is 5. The lowest BCUT2D eigenvalue weighted by Gasteiger charge is -2.24. The average Bonchev–Trinajstić information content (AvgIpc) is 2.97. The van der Waals surface area contributed by atoms with Gasteiger partial charge in [-0.15, -0.1) is 11.8 Å². The van der Waals surface area contributed by atoms with Gasteiger partial charge in [0.25, 0.3) is 0 Å². The van der Waals surface area contributed by atoms with Crippen molar-refractivity contribution < 1.29 is 19.4 Å². The summed E-state index contributed by atoms with van der Waals surface area (Å²) in [7, 11) is 0. The SMILES string of the molecule is CCOc1ccc(SCC(=O)NC2(C(=O)O)CCSC2)cc1. The van der Waals surface area contributed by atoms with Crippen molar-refractivity contribution in [2.45, 2.75) is 23.8 Å². The molecule has 1 aromatic carbocycles. The largest absolute Gasteiger partial charge is 0.494 e. The van der Waals surface area contributed by atoms with Gasteiger partial charge in [0.15, 0.2) is 0 Å². The molecule has 1 fully saturated rings. The smallest absolute Gasteiger partial charge is 0.330 e. The second-order valence-corrected chi connectivity index (χ2v) is 7.09. The lowest BCUT2D eigenvalue weighted by molar-refractivity contribution is -0.146. The first-order chi connectivity index (χ1) is 10.6. The summed E-state index contributed by atoms with van der Waals surface area (Å²) in [6.07, 6.45) is 0.479. The third kappa shape index (κ3) is 4.33. The van der Waals surface area contributed by atoms with E-state index in [0.29, 0.717) is 18.8 Å². The predicted octanol–water partition coefficient (Wildman–Crippen LogP) is 2.25. The molecule has 2 rings (SSSR count). The van der Waals surface area contributed by atoms with Gasteiger partial charge in [-0.3, -0.25) is 4.79 Å². The monoisotopic (exact) mass is 341 g/mol. The molecular formula is C15H19NO4S2. The summed E-state index contributed by atoms with van der Waals surface area (Å²) in [6, 6.07) is 7.49. The van der Waals surface area contributed by atoms with E-state index in [1.807, 2.05) is 31.2 Å². The summed E-state index contributed by atoms with van der Waals surface area (Å²) in [5, 5.41) is 12.0. The number of aliphatic carboxylic acids is 1. The Balaban J connectivity index is 1.85. The van der Waals surface area contributed by atoms with Crippen LogP contribution in [0.25, 0.3) is 0 Å². The van der Waals surface area contributed by atoms with Crippen LogP contribution in [0.2, 0.25) is 0 Å².